The molecule has 2 atom stereocenters. The number of methoxy groups -OCH3 is 2. The summed E-state index contributed by atoms with van der Waals surface area (Å²) >= 11 is 0. The van der Waals surface area contributed by atoms with E-state index in [4.69, 9.17) is 14.6 Å². The Balaban J connectivity index is 1.55. The minimum atomic E-state index is -0.866. The fourth-order valence-corrected chi connectivity index (χ4v) is 3.87. The third-order valence-corrected chi connectivity index (χ3v) is 5.53. The lowest BCUT2D eigenvalue weighted by atomic mass is 10.1. The van der Waals surface area contributed by atoms with Crippen LogP contribution in [0.1, 0.15) is 18.4 Å². The highest BCUT2D eigenvalue weighted by atomic mass is 16.5. The van der Waals surface area contributed by atoms with Crippen molar-refractivity contribution in [2.45, 2.75) is 19.3 Å². The van der Waals surface area contributed by atoms with E-state index in [1.165, 1.54) is 0 Å². The fourth-order valence-electron chi connectivity index (χ4n) is 3.87. The van der Waals surface area contributed by atoms with E-state index >= 15 is 0 Å². The van der Waals surface area contributed by atoms with Crippen molar-refractivity contribution in [3.63, 3.8) is 0 Å². The van der Waals surface area contributed by atoms with Crippen LogP contribution >= 0.6 is 0 Å². The Labute approximate surface area is 164 Å². The van der Waals surface area contributed by atoms with E-state index in [9.17, 15) is 14.4 Å². The number of hydrogen-bond acceptors (Lipinski definition) is 5. The molecule has 2 amide bonds. The van der Waals surface area contributed by atoms with Crippen molar-refractivity contribution in [1.29, 1.82) is 0 Å². The first kappa shape index (κ1) is 20.0. The molecule has 0 aromatic heterocycles. The number of nitrogens with zero attached hydrogens (tertiary/aromatic N) is 2. The second kappa shape index (κ2) is 8.50. The first-order chi connectivity index (χ1) is 13.4. The molecule has 2 fully saturated rings. The number of hydrogen-bond donors (Lipinski definition) is 1. The monoisotopic (exact) mass is 390 g/mol. The number of carbonyl (C=O) groups excluding carboxylic acids is 2. The van der Waals surface area contributed by atoms with Crippen LogP contribution in [0.3, 0.4) is 0 Å². The Morgan fingerprint density at radius 3 is 2.54 bits per heavy atom. The number of carboxylic acids is 1. The summed E-state index contributed by atoms with van der Waals surface area (Å²) in [5.74, 6) is -0.595. The summed E-state index contributed by atoms with van der Waals surface area (Å²) in [6, 6.07) is 5.65. The summed E-state index contributed by atoms with van der Waals surface area (Å²) in [6.07, 6.45) is 1.32. The predicted molar refractivity (Wildman–Crippen MR) is 100 cm³/mol. The van der Waals surface area contributed by atoms with Crippen LogP contribution in [-0.2, 0) is 20.8 Å². The van der Waals surface area contributed by atoms with Crippen LogP contribution in [0.4, 0.5) is 0 Å². The van der Waals surface area contributed by atoms with Crippen LogP contribution in [0, 0.1) is 11.8 Å². The molecular weight excluding hydrogens is 364 g/mol. The lowest BCUT2D eigenvalue weighted by Gasteiger charge is -2.21. The normalized spacial score (nSPS) is 21.9. The summed E-state index contributed by atoms with van der Waals surface area (Å²) in [5.41, 5.74) is 1.02. The molecule has 0 aliphatic carbocycles. The van der Waals surface area contributed by atoms with Crippen molar-refractivity contribution in [2.75, 3.05) is 40.4 Å². The van der Waals surface area contributed by atoms with Crippen molar-refractivity contribution in [2.24, 2.45) is 11.8 Å². The van der Waals surface area contributed by atoms with Gasteiger partial charge >= 0.3 is 5.97 Å². The second-order valence-electron chi connectivity index (χ2n) is 7.29. The zero-order chi connectivity index (χ0) is 20.3. The Morgan fingerprint density at radius 2 is 1.89 bits per heavy atom. The molecule has 2 saturated heterocycles. The Hall–Kier alpha value is -2.77. The average molecular weight is 390 g/mol. The standard InChI is InChI=1S/C20H26N2O6/c1-27-16-4-3-13(9-17(16)28-2)5-7-21-12-15(10-18(21)23)19(24)22-8-6-14(11-22)20(25)26/h3-4,9,14-15H,5-8,10-12H2,1-2H3,(H,25,26). The molecule has 1 aromatic rings. The first-order valence-electron chi connectivity index (χ1n) is 9.43. The smallest absolute Gasteiger partial charge is 0.308 e. The molecule has 152 valence electrons. The molecule has 0 spiro atoms. The van der Waals surface area contributed by atoms with Gasteiger partial charge in [0.1, 0.15) is 0 Å². The zero-order valence-electron chi connectivity index (χ0n) is 16.2. The molecule has 8 heteroatoms. The van der Waals surface area contributed by atoms with E-state index in [1.807, 2.05) is 18.2 Å². The summed E-state index contributed by atoms with van der Waals surface area (Å²) in [7, 11) is 3.16. The highest BCUT2D eigenvalue weighted by Gasteiger charge is 2.39. The maximum Gasteiger partial charge on any atom is 0.308 e. The highest BCUT2D eigenvalue weighted by molar-refractivity contribution is 5.89. The number of carbonyl (C=O) groups is 3. The summed E-state index contributed by atoms with van der Waals surface area (Å²) in [6.45, 7) is 1.60. The quantitative estimate of drug-likeness (QED) is 0.747. The van der Waals surface area contributed by atoms with E-state index in [0.717, 1.165) is 5.56 Å². The Kier molecular flexibility index (Phi) is 6.06. The minimum Gasteiger partial charge on any atom is -0.493 e. The van der Waals surface area contributed by atoms with Gasteiger partial charge in [0, 0.05) is 32.6 Å². The molecule has 2 aliphatic heterocycles. The molecule has 0 bridgehead atoms. The van der Waals surface area contributed by atoms with Crippen molar-refractivity contribution < 1.29 is 29.0 Å². The van der Waals surface area contributed by atoms with E-state index < -0.39 is 11.9 Å². The number of rotatable bonds is 7. The number of carboxylic acid groups (broad SMARTS) is 1. The maximum absolute atomic E-state index is 12.7. The van der Waals surface area contributed by atoms with Gasteiger partial charge in [-0.3, -0.25) is 14.4 Å². The van der Waals surface area contributed by atoms with Gasteiger partial charge in [-0.05, 0) is 30.5 Å². The van der Waals surface area contributed by atoms with Crippen LogP contribution in [0.25, 0.3) is 0 Å². The summed E-state index contributed by atoms with van der Waals surface area (Å²) in [5, 5.41) is 9.09. The zero-order valence-corrected chi connectivity index (χ0v) is 16.2. The number of likely N-dealkylation sites (tertiary alicyclic amines) is 2. The lowest BCUT2D eigenvalue weighted by molar-refractivity contribution is -0.141. The van der Waals surface area contributed by atoms with Gasteiger partial charge in [-0.15, -0.1) is 0 Å². The van der Waals surface area contributed by atoms with E-state index in [-0.39, 0.29) is 30.7 Å². The van der Waals surface area contributed by atoms with Crippen molar-refractivity contribution in [3.8, 4) is 11.5 Å². The summed E-state index contributed by atoms with van der Waals surface area (Å²) < 4.78 is 10.5. The molecule has 1 aromatic carbocycles. The Morgan fingerprint density at radius 1 is 1.14 bits per heavy atom. The molecular formula is C20H26N2O6. The number of aliphatic carboxylic acids is 1. The molecule has 1 N–H and O–H groups in total. The van der Waals surface area contributed by atoms with E-state index in [2.05, 4.69) is 0 Å². The van der Waals surface area contributed by atoms with Crippen molar-refractivity contribution >= 4 is 17.8 Å². The van der Waals surface area contributed by atoms with Crippen molar-refractivity contribution in [3.05, 3.63) is 23.8 Å². The number of benzene rings is 1. The van der Waals surface area contributed by atoms with Crippen molar-refractivity contribution in [1.82, 2.24) is 9.80 Å². The van der Waals surface area contributed by atoms with Crippen LogP contribution in [0.5, 0.6) is 11.5 Å². The highest BCUT2D eigenvalue weighted by Crippen LogP contribution is 2.28. The van der Waals surface area contributed by atoms with Crippen LogP contribution in [0.15, 0.2) is 18.2 Å². The molecule has 3 rings (SSSR count). The number of amides is 2. The maximum atomic E-state index is 12.7. The largest absolute Gasteiger partial charge is 0.493 e. The third kappa shape index (κ3) is 4.21. The van der Waals surface area contributed by atoms with Gasteiger partial charge in [0.05, 0.1) is 26.1 Å². The topological polar surface area (TPSA) is 96.4 Å². The van der Waals surface area contributed by atoms with E-state index in [0.29, 0.717) is 44.0 Å². The molecule has 2 heterocycles. The van der Waals surface area contributed by atoms with Gasteiger partial charge in [-0.1, -0.05) is 6.07 Å². The fraction of sp³-hybridized carbons (Fsp3) is 0.550. The number of ether oxygens (including phenoxy) is 2. The SMILES string of the molecule is COc1ccc(CCN2CC(C(=O)N3CCC(C(=O)O)C3)CC2=O)cc1OC. The van der Waals surface area contributed by atoms with Crippen LogP contribution < -0.4 is 9.47 Å². The van der Waals surface area contributed by atoms with Gasteiger partial charge < -0.3 is 24.4 Å². The van der Waals surface area contributed by atoms with Gasteiger partial charge in [-0.2, -0.15) is 0 Å². The van der Waals surface area contributed by atoms with Gasteiger partial charge in [0.2, 0.25) is 11.8 Å². The van der Waals surface area contributed by atoms with E-state index in [1.54, 1.807) is 24.0 Å². The molecule has 2 unspecified atom stereocenters. The Bertz CT molecular complexity index is 765. The lowest BCUT2D eigenvalue weighted by Crippen LogP contribution is -2.36. The van der Waals surface area contributed by atoms with Crippen LogP contribution in [-0.4, -0.2) is 73.1 Å². The van der Waals surface area contributed by atoms with Gasteiger partial charge in [-0.25, -0.2) is 0 Å². The molecule has 0 saturated carbocycles. The minimum absolute atomic E-state index is 0.0344. The molecule has 8 nitrogen and oxygen atoms in total. The van der Waals surface area contributed by atoms with Crippen LogP contribution in [0.2, 0.25) is 0 Å². The first-order valence-corrected chi connectivity index (χ1v) is 9.43. The van der Waals surface area contributed by atoms with Gasteiger partial charge in [0.15, 0.2) is 11.5 Å². The second-order valence-corrected chi connectivity index (χ2v) is 7.29. The molecule has 28 heavy (non-hydrogen) atoms. The summed E-state index contributed by atoms with van der Waals surface area (Å²) in [4.78, 5) is 39.4. The average Bonchev–Trinajstić information content (AvgIpc) is 3.33. The molecule has 2 aliphatic rings. The predicted octanol–water partition coefficient (Wildman–Crippen LogP) is 1.03. The van der Waals surface area contributed by atoms with Gasteiger partial charge in [0.25, 0.3) is 0 Å². The molecule has 0 radical (unpaired) electrons. The third-order valence-electron chi connectivity index (χ3n) is 5.53.